The van der Waals surface area contributed by atoms with Crippen molar-refractivity contribution in [1.29, 1.82) is 0 Å². The molecule has 2 N–H and O–H groups in total. The molecule has 0 spiro atoms. The smallest absolute Gasteiger partial charge is 0.242 e. The standard InChI is InChI=1S/C21H24N4OS2/c1-13(2)22-20-24-25-21(28-20)27-18(16-8-6-5-7-9-16)19(26)23-17-12-14(3)10-11-15(17)4/h5-13,18H,1-4H3,(H,22,24)(H,23,26). The maximum Gasteiger partial charge on any atom is 0.242 e. The summed E-state index contributed by atoms with van der Waals surface area (Å²) in [5, 5.41) is 15.1. The molecular formula is C21H24N4OS2. The van der Waals surface area contributed by atoms with Crippen LogP contribution in [0.4, 0.5) is 10.8 Å². The Morgan fingerprint density at radius 1 is 1.07 bits per heavy atom. The number of nitrogens with one attached hydrogen (secondary N) is 2. The second kappa shape index (κ2) is 9.21. The van der Waals surface area contributed by atoms with E-state index in [1.807, 2.05) is 62.4 Å². The van der Waals surface area contributed by atoms with Gasteiger partial charge in [0, 0.05) is 11.7 Å². The van der Waals surface area contributed by atoms with Crippen LogP contribution in [0.5, 0.6) is 0 Å². The van der Waals surface area contributed by atoms with Crippen LogP contribution in [0.1, 0.15) is 35.8 Å². The lowest BCUT2D eigenvalue weighted by atomic mass is 10.1. The Bertz CT molecular complexity index is 941. The van der Waals surface area contributed by atoms with E-state index in [2.05, 4.69) is 34.7 Å². The van der Waals surface area contributed by atoms with E-state index in [0.717, 1.165) is 31.8 Å². The van der Waals surface area contributed by atoms with Crippen LogP contribution >= 0.6 is 23.1 Å². The van der Waals surface area contributed by atoms with E-state index in [4.69, 9.17) is 0 Å². The summed E-state index contributed by atoms with van der Waals surface area (Å²) in [5.41, 5.74) is 3.92. The highest BCUT2D eigenvalue weighted by Gasteiger charge is 2.24. The van der Waals surface area contributed by atoms with Crippen molar-refractivity contribution in [2.45, 2.75) is 43.3 Å². The highest BCUT2D eigenvalue weighted by atomic mass is 32.2. The van der Waals surface area contributed by atoms with Crippen LogP contribution in [0.15, 0.2) is 52.9 Å². The Morgan fingerprint density at radius 3 is 2.54 bits per heavy atom. The SMILES string of the molecule is Cc1ccc(C)c(NC(=O)C(Sc2nnc(NC(C)C)s2)c2ccccc2)c1. The van der Waals surface area contributed by atoms with E-state index in [9.17, 15) is 4.79 Å². The van der Waals surface area contributed by atoms with Gasteiger partial charge < -0.3 is 10.6 Å². The average Bonchev–Trinajstić information content (AvgIpc) is 3.09. The summed E-state index contributed by atoms with van der Waals surface area (Å²) >= 11 is 2.88. The van der Waals surface area contributed by atoms with Crippen LogP contribution in [0.25, 0.3) is 0 Å². The van der Waals surface area contributed by atoms with E-state index in [-0.39, 0.29) is 11.9 Å². The van der Waals surface area contributed by atoms with Gasteiger partial charge in [-0.05, 0) is 50.5 Å². The number of hydrogen-bond acceptors (Lipinski definition) is 6. The van der Waals surface area contributed by atoms with Crippen molar-refractivity contribution in [2.24, 2.45) is 0 Å². The van der Waals surface area contributed by atoms with E-state index in [0.29, 0.717) is 0 Å². The topological polar surface area (TPSA) is 66.9 Å². The number of carbonyl (C=O) groups excluding carboxylic acids is 1. The molecule has 1 amide bonds. The number of rotatable bonds is 7. The predicted molar refractivity (Wildman–Crippen MR) is 118 cm³/mol. The first-order valence-electron chi connectivity index (χ1n) is 9.12. The Balaban J connectivity index is 1.84. The van der Waals surface area contributed by atoms with Crippen molar-refractivity contribution in [1.82, 2.24) is 10.2 Å². The van der Waals surface area contributed by atoms with Gasteiger partial charge in [0.2, 0.25) is 11.0 Å². The molecule has 1 aromatic heterocycles. The largest absolute Gasteiger partial charge is 0.358 e. The van der Waals surface area contributed by atoms with Crippen LogP contribution in [0.2, 0.25) is 0 Å². The molecule has 1 unspecified atom stereocenters. The van der Waals surface area contributed by atoms with Crippen LogP contribution in [-0.2, 0) is 4.79 Å². The number of benzene rings is 2. The highest BCUT2D eigenvalue weighted by molar-refractivity contribution is 8.02. The normalized spacial score (nSPS) is 12.0. The number of aryl methyl sites for hydroxylation is 2. The molecule has 0 aliphatic carbocycles. The summed E-state index contributed by atoms with van der Waals surface area (Å²) in [6, 6.07) is 16.1. The summed E-state index contributed by atoms with van der Waals surface area (Å²) in [5.74, 6) is -0.0709. The molecule has 1 heterocycles. The Kier molecular flexibility index (Phi) is 6.70. The zero-order valence-corrected chi connectivity index (χ0v) is 18.0. The van der Waals surface area contributed by atoms with Gasteiger partial charge in [-0.15, -0.1) is 10.2 Å². The summed E-state index contributed by atoms with van der Waals surface area (Å²) in [7, 11) is 0. The lowest BCUT2D eigenvalue weighted by molar-refractivity contribution is -0.115. The molecule has 0 saturated carbocycles. The summed E-state index contributed by atoms with van der Waals surface area (Å²) < 4.78 is 0.758. The molecule has 0 aliphatic heterocycles. The van der Waals surface area contributed by atoms with Gasteiger partial charge in [0.05, 0.1) is 0 Å². The first-order chi connectivity index (χ1) is 13.4. The third-order valence-corrected chi connectivity index (χ3v) is 6.22. The zero-order chi connectivity index (χ0) is 20.1. The van der Waals surface area contributed by atoms with Crippen LogP contribution in [0.3, 0.4) is 0 Å². The number of amides is 1. The summed E-state index contributed by atoms with van der Waals surface area (Å²) in [6.07, 6.45) is 0. The molecule has 0 radical (unpaired) electrons. The van der Waals surface area contributed by atoms with Gasteiger partial charge in [0.25, 0.3) is 0 Å². The lowest BCUT2D eigenvalue weighted by Gasteiger charge is -2.17. The van der Waals surface area contributed by atoms with Crippen molar-refractivity contribution in [3.8, 4) is 0 Å². The number of anilines is 2. The van der Waals surface area contributed by atoms with Gasteiger partial charge in [0.15, 0.2) is 4.34 Å². The Hall–Kier alpha value is -2.38. The van der Waals surface area contributed by atoms with E-state index in [1.54, 1.807) is 0 Å². The maximum absolute atomic E-state index is 13.2. The summed E-state index contributed by atoms with van der Waals surface area (Å²) in [6.45, 7) is 8.12. The van der Waals surface area contributed by atoms with Gasteiger partial charge in [-0.1, -0.05) is 65.6 Å². The van der Waals surface area contributed by atoms with Gasteiger partial charge in [-0.25, -0.2) is 0 Å². The minimum Gasteiger partial charge on any atom is -0.358 e. The third-order valence-electron chi connectivity index (χ3n) is 4.03. The molecule has 2 aromatic carbocycles. The first-order valence-corrected chi connectivity index (χ1v) is 10.8. The van der Waals surface area contributed by atoms with Crippen molar-refractivity contribution in [2.75, 3.05) is 10.6 Å². The predicted octanol–water partition coefficient (Wildman–Crippen LogP) is 5.45. The minimum atomic E-state index is -0.416. The number of hydrogen-bond donors (Lipinski definition) is 2. The van der Waals surface area contributed by atoms with Crippen LogP contribution in [0, 0.1) is 13.8 Å². The number of thioether (sulfide) groups is 1. The highest BCUT2D eigenvalue weighted by Crippen LogP contribution is 2.38. The lowest BCUT2D eigenvalue weighted by Crippen LogP contribution is -2.19. The third kappa shape index (κ3) is 5.33. The molecule has 0 aliphatic rings. The second-order valence-electron chi connectivity index (χ2n) is 6.89. The van der Waals surface area contributed by atoms with E-state index < -0.39 is 5.25 Å². The van der Waals surface area contributed by atoms with Gasteiger partial charge in [0.1, 0.15) is 5.25 Å². The molecule has 5 nitrogen and oxygen atoms in total. The Labute approximate surface area is 174 Å². The maximum atomic E-state index is 13.2. The van der Waals surface area contributed by atoms with Crippen molar-refractivity contribution < 1.29 is 4.79 Å². The fourth-order valence-corrected chi connectivity index (χ4v) is 4.72. The first kappa shape index (κ1) is 20.4. The summed E-state index contributed by atoms with van der Waals surface area (Å²) in [4.78, 5) is 13.2. The van der Waals surface area contributed by atoms with E-state index >= 15 is 0 Å². The molecule has 7 heteroatoms. The van der Waals surface area contributed by atoms with Crippen LogP contribution < -0.4 is 10.6 Å². The quantitative estimate of drug-likeness (QED) is 0.505. The zero-order valence-electron chi connectivity index (χ0n) is 16.4. The molecule has 1 atom stereocenters. The molecule has 28 heavy (non-hydrogen) atoms. The number of carbonyl (C=O) groups is 1. The second-order valence-corrected chi connectivity index (χ2v) is 9.22. The van der Waals surface area contributed by atoms with Crippen molar-refractivity contribution >= 4 is 39.8 Å². The number of nitrogens with zero attached hydrogens (tertiary/aromatic N) is 2. The molecule has 0 saturated heterocycles. The average molecular weight is 413 g/mol. The minimum absolute atomic E-state index is 0.0709. The molecule has 146 valence electrons. The molecule has 0 fully saturated rings. The Morgan fingerprint density at radius 2 is 1.82 bits per heavy atom. The van der Waals surface area contributed by atoms with Crippen LogP contribution in [-0.4, -0.2) is 22.1 Å². The van der Waals surface area contributed by atoms with E-state index in [1.165, 1.54) is 23.1 Å². The fourth-order valence-electron chi connectivity index (χ4n) is 2.63. The van der Waals surface area contributed by atoms with Crippen molar-refractivity contribution in [3.05, 3.63) is 65.2 Å². The van der Waals surface area contributed by atoms with Crippen molar-refractivity contribution in [3.63, 3.8) is 0 Å². The molecule has 3 aromatic rings. The molecule has 3 rings (SSSR count). The van der Waals surface area contributed by atoms with Gasteiger partial charge >= 0.3 is 0 Å². The number of aromatic nitrogens is 2. The van der Waals surface area contributed by atoms with Gasteiger partial charge in [-0.3, -0.25) is 4.79 Å². The monoisotopic (exact) mass is 412 g/mol. The molecular weight excluding hydrogens is 388 g/mol. The molecule has 0 bridgehead atoms. The van der Waals surface area contributed by atoms with Gasteiger partial charge in [-0.2, -0.15) is 0 Å². The fraction of sp³-hybridized carbons (Fsp3) is 0.286.